The SMILES string of the molecule is C=N/C(=C\C=C(/C)Oc1ccnc2cc(OC)c(OC)cc12)NC(=O)c1nn(C2CC2)cc(-c2ccc(C)cc2)c1=O. The molecule has 1 aliphatic rings. The second-order valence-corrected chi connectivity index (χ2v) is 9.87. The minimum Gasteiger partial charge on any atom is -0.493 e. The number of pyridine rings is 1. The third kappa shape index (κ3) is 6.07. The first-order chi connectivity index (χ1) is 20.3. The highest BCUT2D eigenvalue weighted by Gasteiger charge is 2.27. The van der Waals surface area contributed by atoms with Crippen LogP contribution in [0.1, 0.15) is 41.9 Å². The molecule has 0 aliphatic heterocycles. The van der Waals surface area contributed by atoms with Gasteiger partial charge in [-0.3, -0.25) is 19.3 Å². The summed E-state index contributed by atoms with van der Waals surface area (Å²) in [5.74, 6) is 1.63. The normalized spacial score (nSPS) is 13.5. The first-order valence-electron chi connectivity index (χ1n) is 13.4. The van der Waals surface area contributed by atoms with Gasteiger partial charge in [-0.1, -0.05) is 29.8 Å². The second kappa shape index (κ2) is 12.1. The minimum absolute atomic E-state index is 0.133. The number of hydrogen-bond donors (Lipinski definition) is 1. The molecule has 1 N–H and O–H groups in total. The van der Waals surface area contributed by atoms with E-state index in [9.17, 15) is 9.59 Å². The Morgan fingerprint density at radius 1 is 1.07 bits per heavy atom. The van der Waals surface area contributed by atoms with Gasteiger partial charge in [-0.15, -0.1) is 0 Å². The minimum atomic E-state index is -0.671. The number of benzene rings is 2. The monoisotopic (exact) mass is 565 g/mol. The van der Waals surface area contributed by atoms with Crippen LogP contribution in [0.5, 0.6) is 17.2 Å². The summed E-state index contributed by atoms with van der Waals surface area (Å²) in [6, 6.07) is 13.1. The van der Waals surface area contributed by atoms with Crippen LogP contribution in [0.25, 0.3) is 22.0 Å². The Morgan fingerprint density at radius 2 is 1.79 bits per heavy atom. The van der Waals surface area contributed by atoms with Crippen LogP contribution in [0.4, 0.5) is 0 Å². The third-order valence-corrected chi connectivity index (χ3v) is 6.80. The lowest BCUT2D eigenvalue weighted by Crippen LogP contribution is -2.31. The number of hydrogen-bond acceptors (Lipinski definition) is 8. The summed E-state index contributed by atoms with van der Waals surface area (Å²) >= 11 is 0. The van der Waals surface area contributed by atoms with Gasteiger partial charge in [-0.05, 0) is 63.3 Å². The molecule has 0 radical (unpaired) electrons. The number of rotatable bonds is 10. The van der Waals surface area contributed by atoms with Crippen LogP contribution >= 0.6 is 0 Å². The number of aliphatic imine (C=N–C) groups is 1. The Labute approximate surface area is 243 Å². The fraction of sp³-hybridized carbons (Fsp3) is 0.219. The summed E-state index contributed by atoms with van der Waals surface area (Å²) in [5, 5.41) is 7.75. The van der Waals surface area contributed by atoms with Gasteiger partial charge in [0.2, 0.25) is 5.43 Å². The zero-order valence-electron chi connectivity index (χ0n) is 23.9. The van der Waals surface area contributed by atoms with Crippen molar-refractivity contribution in [2.75, 3.05) is 14.2 Å². The summed E-state index contributed by atoms with van der Waals surface area (Å²) in [6.07, 6.45) is 8.42. The zero-order valence-corrected chi connectivity index (χ0v) is 23.9. The van der Waals surface area contributed by atoms with Gasteiger partial charge in [-0.2, -0.15) is 5.10 Å². The van der Waals surface area contributed by atoms with Crippen molar-refractivity contribution in [2.24, 2.45) is 4.99 Å². The number of fused-ring (bicyclic) bond motifs is 1. The van der Waals surface area contributed by atoms with Crippen LogP contribution in [0.3, 0.4) is 0 Å². The first kappa shape index (κ1) is 28.3. The van der Waals surface area contributed by atoms with E-state index in [1.165, 1.54) is 6.08 Å². The summed E-state index contributed by atoms with van der Waals surface area (Å²) < 4.78 is 18.6. The number of nitrogens with one attached hydrogen (secondary N) is 1. The number of carbonyl (C=O) groups is 1. The molecule has 0 bridgehead atoms. The van der Waals surface area contributed by atoms with Gasteiger partial charge in [0, 0.05) is 29.4 Å². The molecule has 2 aromatic heterocycles. The summed E-state index contributed by atoms with van der Waals surface area (Å²) in [6.45, 7) is 7.29. The zero-order chi connectivity index (χ0) is 29.8. The predicted molar refractivity (Wildman–Crippen MR) is 161 cm³/mol. The Hall–Kier alpha value is -5.25. The van der Waals surface area contributed by atoms with Crippen molar-refractivity contribution in [3.05, 3.63) is 100 Å². The Balaban J connectivity index is 1.39. The summed E-state index contributed by atoms with van der Waals surface area (Å²) in [7, 11) is 3.12. The third-order valence-electron chi connectivity index (χ3n) is 6.80. The van der Waals surface area contributed by atoms with Crippen LogP contribution in [-0.2, 0) is 0 Å². The number of carbonyl (C=O) groups excluding carboxylic acids is 1. The lowest BCUT2D eigenvalue weighted by molar-refractivity contribution is 0.0957. The molecular formula is C32H31N5O5. The highest BCUT2D eigenvalue weighted by atomic mass is 16.5. The molecule has 2 aromatic carbocycles. The maximum atomic E-state index is 13.4. The second-order valence-electron chi connectivity index (χ2n) is 9.87. The molecule has 1 aliphatic carbocycles. The van der Waals surface area contributed by atoms with Crippen molar-refractivity contribution in [2.45, 2.75) is 32.7 Å². The van der Waals surface area contributed by atoms with E-state index in [1.54, 1.807) is 62.5 Å². The summed E-state index contributed by atoms with van der Waals surface area (Å²) in [4.78, 5) is 34.9. The molecule has 0 atom stereocenters. The van der Waals surface area contributed by atoms with E-state index in [1.807, 2.05) is 31.2 Å². The molecular weight excluding hydrogens is 534 g/mol. The molecule has 214 valence electrons. The maximum Gasteiger partial charge on any atom is 0.281 e. The van der Waals surface area contributed by atoms with E-state index in [2.05, 4.69) is 27.1 Å². The summed E-state index contributed by atoms with van der Waals surface area (Å²) in [5.41, 5.74) is 2.23. The van der Waals surface area contributed by atoms with Crippen molar-refractivity contribution in [3.63, 3.8) is 0 Å². The first-order valence-corrected chi connectivity index (χ1v) is 13.4. The Morgan fingerprint density at radius 3 is 2.45 bits per heavy atom. The van der Waals surface area contributed by atoms with Gasteiger partial charge < -0.3 is 19.5 Å². The molecule has 0 unspecified atom stereocenters. The smallest absolute Gasteiger partial charge is 0.281 e. The van der Waals surface area contributed by atoms with Crippen LogP contribution in [-0.4, -0.2) is 41.6 Å². The molecule has 1 fully saturated rings. The molecule has 1 amide bonds. The van der Waals surface area contributed by atoms with Gasteiger partial charge in [0.1, 0.15) is 17.3 Å². The van der Waals surface area contributed by atoms with E-state index in [0.717, 1.165) is 29.4 Å². The van der Waals surface area contributed by atoms with Gasteiger partial charge >= 0.3 is 0 Å². The molecule has 2 heterocycles. The molecule has 1 saturated carbocycles. The van der Waals surface area contributed by atoms with Crippen LogP contribution in [0.15, 0.2) is 88.4 Å². The molecule has 0 saturated heterocycles. The lowest BCUT2D eigenvalue weighted by atomic mass is 10.0. The topological polar surface area (TPSA) is 117 Å². The lowest BCUT2D eigenvalue weighted by Gasteiger charge is -2.12. The van der Waals surface area contributed by atoms with Crippen molar-refractivity contribution in [1.82, 2.24) is 20.1 Å². The fourth-order valence-electron chi connectivity index (χ4n) is 4.37. The van der Waals surface area contributed by atoms with E-state index in [0.29, 0.717) is 34.1 Å². The van der Waals surface area contributed by atoms with E-state index in [4.69, 9.17) is 14.2 Å². The number of aromatic nitrogens is 3. The van der Waals surface area contributed by atoms with Gasteiger partial charge in [-0.25, -0.2) is 4.99 Å². The number of ether oxygens (including phenoxy) is 3. The fourth-order valence-corrected chi connectivity index (χ4v) is 4.37. The van der Waals surface area contributed by atoms with E-state index in [-0.39, 0.29) is 17.6 Å². The highest BCUT2D eigenvalue weighted by Crippen LogP contribution is 2.36. The molecule has 0 spiro atoms. The number of methoxy groups -OCH3 is 2. The van der Waals surface area contributed by atoms with Crippen molar-refractivity contribution >= 4 is 23.5 Å². The number of amides is 1. The van der Waals surface area contributed by atoms with Crippen LogP contribution in [0.2, 0.25) is 0 Å². The van der Waals surface area contributed by atoms with Crippen LogP contribution < -0.4 is 25.0 Å². The predicted octanol–water partition coefficient (Wildman–Crippen LogP) is 5.37. The molecule has 10 nitrogen and oxygen atoms in total. The molecule has 10 heteroatoms. The maximum absolute atomic E-state index is 13.4. The van der Waals surface area contributed by atoms with Gasteiger partial charge in [0.15, 0.2) is 17.2 Å². The van der Waals surface area contributed by atoms with Crippen LogP contribution in [0, 0.1) is 6.92 Å². The van der Waals surface area contributed by atoms with E-state index < -0.39 is 11.3 Å². The van der Waals surface area contributed by atoms with Crippen molar-refractivity contribution < 1.29 is 19.0 Å². The molecule has 42 heavy (non-hydrogen) atoms. The largest absolute Gasteiger partial charge is 0.493 e. The number of aryl methyl sites for hydroxylation is 1. The Kier molecular flexibility index (Phi) is 8.14. The number of nitrogens with zero attached hydrogens (tertiary/aromatic N) is 4. The van der Waals surface area contributed by atoms with Crippen molar-refractivity contribution in [1.29, 1.82) is 0 Å². The standard InChI is InChI=1S/C32H31N5O5/c1-19-6-9-21(10-7-19)24-18-37(22-11-12-22)36-30(31(24)38)32(39)35-29(33-3)13-8-20(2)42-26-14-15-34-25-17-28(41-5)27(40-4)16-23(25)26/h6-10,13-18,22H,3,11-12H2,1-2,4-5H3,(H,35,39)/b20-8+,29-13+. The molecule has 5 rings (SSSR count). The van der Waals surface area contributed by atoms with E-state index >= 15 is 0 Å². The highest BCUT2D eigenvalue weighted by molar-refractivity contribution is 5.94. The van der Waals surface area contributed by atoms with Crippen molar-refractivity contribution in [3.8, 4) is 28.4 Å². The average Bonchev–Trinajstić information content (AvgIpc) is 3.85. The quantitative estimate of drug-likeness (QED) is 0.156. The van der Waals surface area contributed by atoms with Gasteiger partial charge in [0.25, 0.3) is 5.91 Å². The van der Waals surface area contributed by atoms with Gasteiger partial charge in [0.05, 0.1) is 25.8 Å². The molecule has 4 aromatic rings. The number of allylic oxidation sites excluding steroid dienone is 3. The Bertz CT molecular complexity index is 1790. The average molecular weight is 566 g/mol.